The molecule has 8 aromatic rings. The average molecular weight is 756 g/mol. The molecular weight excluding hydrogens is 707 g/mol. The summed E-state index contributed by atoms with van der Waals surface area (Å²) in [5, 5.41) is 5.10. The summed E-state index contributed by atoms with van der Waals surface area (Å²) in [4.78, 5) is 17.1. The fourth-order valence-corrected chi connectivity index (χ4v) is 15.2. The minimum atomic E-state index is 0.118. The lowest BCUT2D eigenvalue weighted by Crippen LogP contribution is -2.51. The highest BCUT2D eigenvalue weighted by atomic mass is 15.1. The standard InChI is InChI=1S/C53H49N5/c1-2-10-39(11-3-1)57-45-16-7-5-14-43(45)47-46(57)18-17-42-41-13-4-6-15-44(41)58(48(42)47)40-12-8-9-38(25-40)49-54-50(52-26-32-19-33(27-52)21-34(20-32)28-52)56-51(55-49)53-29-35-22-36(30-53)24-37(23-35)31-53/h1-18,25,32-37H,19-24,26-31H2. The quantitative estimate of drug-likeness (QED) is 0.176. The first-order valence-electron chi connectivity index (χ1n) is 22.5. The van der Waals surface area contributed by atoms with Crippen molar-refractivity contribution >= 4 is 43.6 Å². The van der Waals surface area contributed by atoms with Crippen molar-refractivity contribution in [2.24, 2.45) is 35.5 Å². The van der Waals surface area contributed by atoms with E-state index in [0.717, 1.165) is 64.2 Å². The molecule has 0 amide bonds. The van der Waals surface area contributed by atoms with Crippen LogP contribution < -0.4 is 0 Å². The molecule has 16 rings (SSSR count). The Bertz CT molecular complexity index is 2850. The fraction of sp³-hybridized carbons (Fsp3) is 0.377. The van der Waals surface area contributed by atoms with E-state index in [-0.39, 0.29) is 10.8 Å². The summed E-state index contributed by atoms with van der Waals surface area (Å²) in [6, 6.07) is 42.6. The van der Waals surface area contributed by atoms with Crippen LogP contribution in [-0.4, -0.2) is 24.1 Å². The molecule has 0 atom stereocenters. The predicted molar refractivity (Wildman–Crippen MR) is 234 cm³/mol. The molecule has 8 aliphatic carbocycles. The molecule has 3 aromatic heterocycles. The summed E-state index contributed by atoms with van der Waals surface area (Å²) in [5.74, 6) is 8.28. The van der Waals surface area contributed by atoms with Gasteiger partial charge in [0.25, 0.3) is 0 Å². The molecule has 0 radical (unpaired) electrons. The van der Waals surface area contributed by atoms with Crippen LogP contribution in [-0.2, 0) is 10.8 Å². The molecule has 0 spiro atoms. The van der Waals surface area contributed by atoms with Crippen LogP contribution in [0.5, 0.6) is 0 Å². The molecule has 5 aromatic carbocycles. The van der Waals surface area contributed by atoms with Crippen LogP contribution in [0.1, 0.15) is 88.7 Å². The maximum Gasteiger partial charge on any atom is 0.163 e. The highest BCUT2D eigenvalue weighted by Crippen LogP contribution is 2.62. The smallest absolute Gasteiger partial charge is 0.163 e. The van der Waals surface area contributed by atoms with E-state index in [1.54, 1.807) is 0 Å². The molecule has 58 heavy (non-hydrogen) atoms. The maximum absolute atomic E-state index is 5.75. The molecule has 0 aliphatic heterocycles. The molecule has 286 valence electrons. The normalized spacial score (nSPS) is 30.8. The summed E-state index contributed by atoms with van der Waals surface area (Å²) < 4.78 is 4.96. The van der Waals surface area contributed by atoms with Crippen LogP contribution in [0.2, 0.25) is 0 Å². The van der Waals surface area contributed by atoms with Crippen LogP contribution in [0.15, 0.2) is 115 Å². The SMILES string of the molecule is c1ccc(-n2c3ccccc3c3c2ccc2c4ccccc4n(-c4cccc(-c5nc(C67CC8CC(CC(C8)C6)C7)nc(C67CC8CC(CC(C8)C6)C7)n5)c4)c23)cc1. The second-order valence-electron chi connectivity index (χ2n) is 20.1. The first kappa shape index (κ1) is 32.6. The van der Waals surface area contributed by atoms with Gasteiger partial charge < -0.3 is 9.13 Å². The molecule has 5 nitrogen and oxygen atoms in total. The van der Waals surface area contributed by atoms with Crippen molar-refractivity contribution in [3.8, 4) is 22.8 Å². The predicted octanol–water partition coefficient (Wildman–Crippen LogP) is 12.7. The Morgan fingerprint density at radius 1 is 0.414 bits per heavy atom. The molecule has 0 unspecified atom stereocenters. The lowest BCUT2D eigenvalue weighted by atomic mass is 9.49. The number of rotatable bonds is 5. The zero-order chi connectivity index (χ0) is 37.7. The van der Waals surface area contributed by atoms with Gasteiger partial charge in [-0.2, -0.15) is 0 Å². The van der Waals surface area contributed by atoms with Gasteiger partial charge >= 0.3 is 0 Å². The molecule has 8 aliphatic rings. The summed E-state index contributed by atoms with van der Waals surface area (Å²) in [7, 11) is 0. The van der Waals surface area contributed by atoms with Crippen LogP contribution in [0.25, 0.3) is 66.4 Å². The highest BCUT2D eigenvalue weighted by Gasteiger charge is 2.56. The Morgan fingerprint density at radius 2 is 0.931 bits per heavy atom. The zero-order valence-corrected chi connectivity index (χ0v) is 33.2. The van der Waals surface area contributed by atoms with Crippen molar-refractivity contribution in [3.05, 3.63) is 127 Å². The maximum atomic E-state index is 5.75. The van der Waals surface area contributed by atoms with Crippen molar-refractivity contribution in [2.75, 3.05) is 0 Å². The van der Waals surface area contributed by atoms with E-state index >= 15 is 0 Å². The van der Waals surface area contributed by atoms with Gasteiger partial charge in [-0.15, -0.1) is 0 Å². The van der Waals surface area contributed by atoms with Crippen LogP contribution >= 0.6 is 0 Å². The second-order valence-corrected chi connectivity index (χ2v) is 20.1. The Hall–Kier alpha value is -5.29. The van der Waals surface area contributed by atoms with Crippen molar-refractivity contribution in [2.45, 2.75) is 87.9 Å². The third-order valence-electron chi connectivity index (χ3n) is 16.5. The van der Waals surface area contributed by atoms with Crippen molar-refractivity contribution in [3.63, 3.8) is 0 Å². The lowest BCUT2D eigenvalue weighted by Gasteiger charge is -2.57. The van der Waals surface area contributed by atoms with Crippen LogP contribution in [0, 0.1) is 35.5 Å². The fourth-order valence-electron chi connectivity index (χ4n) is 15.2. The zero-order valence-electron chi connectivity index (χ0n) is 33.2. The molecule has 0 saturated heterocycles. The lowest BCUT2D eigenvalue weighted by molar-refractivity contribution is -0.0155. The average Bonchev–Trinajstić information content (AvgIpc) is 3.76. The second kappa shape index (κ2) is 11.7. The van der Waals surface area contributed by atoms with Crippen LogP contribution in [0.3, 0.4) is 0 Å². The number of fused-ring (bicyclic) bond motifs is 7. The molecular formula is C53H49N5. The van der Waals surface area contributed by atoms with E-state index in [2.05, 4.69) is 124 Å². The number of nitrogens with zero attached hydrogens (tertiary/aromatic N) is 5. The number of hydrogen-bond acceptors (Lipinski definition) is 3. The molecule has 5 heteroatoms. The largest absolute Gasteiger partial charge is 0.309 e. The topological polar surface area (TPSA) is 48.5 Å². The van der Waals surface area contributed by atoms with E-state index in [0.29, 0.717) is 0 Å². The van der Waals surface area contributed by atoms with E-state index in [1.807, 2.05) is 0 Å². The number of aromatic nitrogens is 5. The Kier molecular flexibility index (Phi) is 6.57. The van der Waals surface area contributed by atoms with Crippen molar-refractivity contribution in [1.82, 2.24) is 24.1 Å². The number of benzene rings is 5. The van der Waals surface area contributed by atoms with Gasteiger partial charge in [0.15, 0.2) is 5.82 Å². The third-order valence-corrected chi connectivity index (χ3v) is 16.5. The summed E-state index contributed by atoms with van der Waals surface area (Å²) in [5.41, 5.74) is 8.59. The molecule has 3 heterocycles. The number of para-hydroxylation sites is 3. The van der Waals surface area contributed by atoms with Gasteiger partial charge in [-0.05, 0) is 155 Å². The monoisotopic (exact) mass is 755 g/mol. The minimum Gasteiger partial charge on any atom is -0.309 e. The van der Waals surface area contributed by atoms with Gasteiger partial charge in [0, 0.05) is 49.3 Å². The van der Waals surface area contributed by atoms with Gasteiger partial charge in [0.1, 0.15) is 11.6 Å². The summed E-state index contributed by atoms with van der Waals surface area (Å²) in [6.45, 7) is 0. The Balaban J connectivity index is 0.996. The third kappa shape index (κ3) is 4.56. The molecule has 8 fully saturated rings. The van der Waals surface area contributed by atoms with E-state index < -0.39 is 0 Å². The summed E-state index contributed by atoms with van der Waals surface area (Å²) >= 11 is 0. The molecule has 8 saturated carbocycles. The van der Waals surface area contributed by atoms with Crippen LogP contribution in [0.4, 0.5) is 0 Å². The van der Waals surface area contributed by atoms with E-state index in [1.165, 1.54) is 126 Å². The summed E-state index contributed by atoms with van der Waals surface area (Å²) in [6.07, 6.45) is 16.2. The molecule has 0 N–H and O–H groups in total. The van der Waals surface area contributed by atoms with Gasteiger partial charge in [-0.3, -0.25) is 0 Å². The Morgan fingerprint density at radius 3 is 1.53 bits per heavy atom. The number of hydrogen-bond donors (Lipinski definition) is 0. The van der Waals surface area contributed by atoms with Crippen molar-refractivity contribution in [1.29, 1.82) is 0 Å². The highest BCUT2D eigenvalue weighted by molar-refractivity contribution is 6.26. The van der Waals surface area contributed by atoms with Gasteiger partial charge in [-0.25, -0.2) is 15.0 Å². The molecule has 8 bridgehead atoms. The van der Waals surface area contributed by atoms with E-state index in [4.69, 9.17) is 15.0 Å². The van der Waals surface area contributed by atoms with E-state index in [9.17, 15) is 0 Å². The Labute approximate surface area is 339 Å². The van der Waals surface area contributed by atoms with Gasteiger partial charge in [0.05, 0.1) is 22.1 Å². The van der Waals surface area contributed by atoms with Gasteiger partial charge in [-0.1, -0.05) is 72.8 Å². The van der Waals surface area contributed by atoms with Gasteiger partial charge in [0.2, 0.25) is 0 Å². The minimum absolute atomic E-state index is 0.118. The first-order valence-corrected chi connectivity index (χ1v) is 22.5. The van der Waals surface area contributed by atoms with Crippen molar-refractivity contribution < 1.29 is 0 Å². The first-order chi connectivity index (χ1) is 28.6.